The molecule has 0 radical (unpaired) electrons. The average Bonchev–Trinajstić information content (AvgIpc) is 2.99. The topological polar surface area (TPSA) is 68.1 Å². The molecule has 1 aliphatic rings. The summed E-state index contributed by atoms with van der Waals surface area (Å²) < 4.78 is 2.46. The Balaban J connectivity index is 2.03. The minimum absolute atomic E-state index is 0.134. The second-order valence-electron chi connectivity index (χ2n) is 5.07. The molecule has 2 aromatic rings. The Hall–Kier alpha value is -2.02. The molecule has 0 saturated heterocycles. The Labute approximate surface area is 129 Å². The van der Waals surface area contributed by atoms with Crippen LogP contribution in [0.1, 0.15) is 36.1 Å². The summed E-state index contributed by atoms with van der Waals surface area (Å²) in [6, 6.07) is 5.35. The zero-order chi connectivity index (χ0) is 15.1. The van der Waals surface area contributed by atoms with E-state index in [0.29, 0.717) is 17.1 Å². The number of nitrogens with zero attached hydrogens (tertiary/aromatic N) is 4. The van der Waals surface area contributed by atoms with E-state index in [2.05, 4.69) is 26.0 Å². The highest BCUT2D eigenvalue weighted by atomic mass is 79.9. The van der Waals surface area contributed by atoms with E-state index >= 15 is 0 Å². The van der Waals surface area contributed by atoms with E-state index in [9.17, 15) is 9.59 Å². The summed E-state index contributed by atoms with van der Waals surface area (Å²) in [5, 5.41) is 4.15. The van der Waals surface area contributed by atoms with Gasteiger partial charge in [-0.05, 0) is 41.9 Å². The number of rotatable bonds is 3. The van der Waals surface area contributed by atoms with Crippen molar-refractivity contribution in [3.05, 3.63) is 40.4 Å². The summed E-state index contributed by atoms with van der Waals surface area (Å²) in [7, 11) is 0. The van der Waals surface area contributed by atoms with Crippen molar-refractivity contribution in [2.75, 3.05) is 4.90 Å². The highest BCUT2D eigenvalue weighted by Crippen LogP contribution is 2.36. The van der Waals surface area contributed by atoms with Crippen LogP contribution in [0.3, 0.4) is 0 Å². The molecule has 0 fully saturated rings. The van der Waals surface area contributed by atoms with Gasteiger partial charge in [0.15, 0.2) is 0 Å². The zero-order valence-corrected chi connectivity index (χ0v) is 13.2. The Kier molecular flexibility index (Phi) is 3.36. The van der Waals surface area contributed by atoms with Gasteiger partial charge in [-0.1, -0.05) is 6.07 Å². The first kappa shape index (κ1) is 13.9. The quantitative estimate of drug-likeness (QED) is 0.798. The number of fused-ring (bicyclic) bond motifs is 1. The number of carbonyl (C=O) groups is 2. The maximum Gasteiger partial charge on any atom is 0.299 e. The number of amides is 1. The number of aromatic nitrogens is 3. The molecular weight excluding hydrogens is 336 g/mol. The van der Waals surface area contributed by atoms with E-state index in [-0.39, 0.29) is 12.6 Å². The first-order valence-corrected chi connectivity index (χ1v) is 7.33. The molecule has 1 amide bonds. The van der Waals surface area contributed by atoms with Crippen molar-refractivity contribution in [2.45, 2.75) is 26.4 Å². The van der Waals surface area contributed by atoms with Crippen LogP contribution in [0.2, 0.25) is 0 Å². The number of benzene rings is 1. The summed E-state index contributed by atoms with van der Waals surface area (Å²) in [4.78, 5) is 29.9. The molecule has 1 aliphatic heterocycles. The molecule has 1 aromatic heterocycles. The Bertz CT molecular complexity index is 738. The van der Waals surface area contributed by atoms with Crippen molar-refractivity contribution in [3.63, 3.8) is 0 Å². The lowest BCUT2D eigenvalue weighted by molar-refractivity contribution is -0.114. The third kappa shape index (κ3) is 2.17. The number of hydrogen-bond acceptors (Lipinski definition) is 4. The van der Waals surface area contributed by atoms with Crippen molar-refractivity contribution >= 4 is 33.3 Å². The maximum absolute atomic E-state index is 12.2. The molecule has 3 rings (SSSR count). The van der Waals surface area contributed by atoms with Crippen LogP contribution in [0.4, 0.5) is 5.69 Å². The third-order valence-electron chi connectivity index (χ3n) is 3.38. The number of hydrogen-bond donors (Lipinski definition) is 0. The second-order valence-corrected chi connectivity index (χ2v) is 5.93. The van der Waals surface area contributed by atoms with Gasteiger partial charge in [0.2, 0.25) is 0 Å². The predicted octanol–water partition coefficient (Wildman–Crippen LogP) is 2.35. The lowest BCUT2D eigenvalue weighted by Crippen LogP contribution is -2.31. The molecule has 0 unspecified atom stereocenters. The number of carbonyl (C=O) groups excluding carboxylic acids is 2. The first-order chi connectivity index (χ1) is 10.0. The van der Waals surface area contributed by atoms with Crippen LogP contribution in [-0.4, -0.2) is 26.5 Å². The molecule has 0 spiro atoms. The number of Topliss-reactive ketones (excluding diaryl/α,β-unsaturated/α-hetero) is 1. The van der Waals surface area contributed by atoms with Crippen molar-refractivity contribution in [1.29, 1.82) is 0 Å². The van der Waals surface area contributed by atoms with Crippen LogP contribution in [0.15, 0.2) is 29.0 Å². The van der Waals surface area contributed by atoms with Crippen LogP contribution in [-0.2, 0) is 11.3 Å². The zero-order valence-electron chi connectivity index (χ0n) is 11.6. The first-order valence-electron chi connectivity index (χ1n) is 6.53. The van der Waals surface area contributed by atoms with Crippen molar-refractivity contribution < 1.29 is 9.59 Å². The van der Waals surface area contributed by atoms with E-state index in [1.165, 1.54) is 11.2 Å². The monoisotopic (exact) mass is 348 g/mol. The van der Waals surface area contributed by atoms with Crippen LogP contribution in [0.5, 0.6) is 0 Å². The number of ketones is 1. The fourth-order valence-electron chi connectivity index (χ4n) is 2.42. The number of para-hydroxylation sites is 1. The summed E-state index contributed by atoms with van der Waals surface area (Å²) in [5.74, 6) is -0.369. The van der Waals surface area contributed by atoms with Gasteiger partial charge in [0.05, 0.1) is 17.8 Å². The van der Waals surface area contributed by atoms with Gasteiger partial charge in [-0.3, -0.25) is 14.5 Å². The van der Waals surface area contributed by atoms with E-state index in [4.69, 9.17) is 0 Å². The largest absolute Gasteiger partial charge is 0.299 e. The minimum atomic E-state index is -0.532. The van der Waals surface area contributed by atoms with Gasteiger partial charge in [-0.2, -0.15) is 5.10 Å². The smallest absolute Gasteiger partial charge is 0.296 e. The van der Waals surface area contributed by atoms with Gasteiger partial charge in [0, 0.05) is 10.5 Å². The minimum Gasteiger partial charge on any atom is -0.296 e. The van der Waals surface area contributed by atoms with Gasteiger partial charge in [0.1, 0.15) is 12.2 Å². The normalized spacial score (nSPS) is 14.2. The van der Waals surface area contributed by atoms with Crippen LogP contribution in [0.25, 0.3) is 0 Å². The van der Waals surface area contributed by atoms with Crippen LogP contribution >= 0.6 is 15.9 Å². The van der Waals surface area contributed by atoms with E-state index in [0.717, 1.165) is 4.47 Å². The molecule has 2 heterocycles. The van der Waals surface area contributed by atoms with Crippen molar-refractivity contribution in [2.24, 2.45) is 0 Å². The standard InChI is InChI=1S/C14H13BrN4O2/c1-8(2)19-11(16-7-17-19)6-18-12-9(13(20)14(18)21)4-3-5-10(12)15/h3-5,7-8H,6H2,1-2H3. The molecule has 6 nitrogen and oxygen atoms in total. The lowest BCUT2D eigenvalue weighted by atomic mass is 10.1. The summed E-state index contributed by atoms with van der Waals surface area (Å²) in [6.07, 6.45) is 1.46. The number of halogens is 1. The molecule has 0 bridgehead atoms. The van der Waals surface area contributed by atoms with Gasteiger partial charge in [-0.25, -0.2) is 9.67 Å². The summed E-state index contributed by atoms with van der Waals surface area (Å²) >= 11 is 3.41. The Morgan fingerprint density at radius 3 is 2.76 bits per heavy atom. The van der Waals surface area contributed by atoms with Gasteiger partial charge in [-0.15, -0.1) is 0 Å². The van der Waals surface area contributed by atoms with Gasteiger partial charge in [0.25, 0.3) is 11.7 Å². The SMILES string of the molecule is CC(C)n1ncnc1CN1C(=O)C(=O)c2cccc(Br)c21. The van der Waals surface area contributed by atoms with Gasteiger partial charge < -0.3 is 0 Å². The highest BCUT2D eigenvalue weighted by molar-refractivity contribution is 9.10. The van der Waals surface area contributed by atoms with Crippen LogP contribution in [0, 0.1) is 0 Å². The number of anilines is 1. The predicted molar refractivity (Wildman–Crippen MR) is 80.1 cm³/mol. The molecule has 0 saturated carbocycles. The summed E-state index contributed by atoms with van der Waals surface area (Å²) in [5.41, 5.74) is 1.02. The fourth-order valence-corrected chi connectivity index (χ4v) is 3.00. The maximum atomic E-state index is 12.2. The molecular formula is C14H13BrN4O2. The van der Waals surface area contributed by atoms with Gasteiger partial charge >= 0.3 is 0 Å². The second kappa shape index (κ2) is 5.07. The highest BCUT2D eigenvalue weighted by Gasteiger charge is 2.37. The summed E-state index contributed by atoms with van der Waals surface area (Å²) in [6.45, 7) is 4.19. The van der Waals surface area contributed by atoms with Crippen molar-refractivity contribution in [1.82, 2.24) is 14.8 Å². The lowest BCUT2D eigenvalue weighted by Gasteiger charge is -2.18. The molecule has 21 heavy (non-hydrogen) atoms. The van der Waals surface area contributed by atoms with E-state index in [1.54, 1.807) is 16.8 Å². The molecule has 0 atom stereocenters. The fraction of sp³-hybridized carbons (Fsp3) is 0.286. The molecule has 0 aliphatic carbocycles. The molecule has 108 valence electrons. The Morgan fingerprint density at radius 2 is 2.05 bits per heavy atom. The Morgan fingerprint density at radius 1 is 1.29 bits per heavy atom. The molecule has 7 heteroatoms. The van der Waals surface area contributed by atoms with Crippen LogP contribution < -0.4 is 4.90 Å². The third-order valence-corrected chi connectivity index (χ3v) is 4.02. The van der Waals surface area contributed by atoms with E-state index < -0.39 is 11.7 Å². The van der Waals surface area contributed by atoms with Crippen molar-refractivity contribution in [3.8, 4) is 0 Å². The molecule has 1 aromatic carbocycles. The van der Waals surface area contributed by atoms with E-state index in [1.807, 2.05) is 19.9 Å². The molecule has 0 N–H and O–H groups in total. The average molecular weight is 349 g/mol.